The molecular weight excluding hydrogens is 203 g/mol. The first kappa shape index (κ1) is 11.1. The van der Waals surface area contributed by atoms with Gasteiger partial charge in [0.25, 0.3) is 0 Å². The summed E-state index contributed by atoms with van der Waals surface area (Å²) in [4.78, 5) is 2.18. The summed E-state index contributed by atoms with van der Waals surface area (Å²) in [5.41, 5.74) is 8.73. The van der Waals surface area contributed by atoms with Gasteiger partial charge in [0, 0.05) is 25.3 Å². The van der Waals surface area contributed by atoms with E-state index in [1.54, 1.807) is 6.07 Å². The molecule has 0 aromatic heterocycles. The van der Waals surface area contributed by atoms with Gasteiger partial charge in [-0.25, -0.2) is 4.39 Å². The molecule has 0 unspecified atom stereocenters. The van der Waals surface area contributed by atoms with E-state index < -0.39 is 0 Å². The van der Waals surface area contributed by atoms with Crippen LogP contribution in [0.4, 0.5) is 10.1 Å². The van der Waals surface area contributed by atoms with Crippen molar-refractivity contribution in [3.05, 3.63) is 41.2 Å². The van der Waals surface area contributed by atoms with Crippen LogP contribution in [0.25, 0.3) is 0 Å². The lowest BCUT2D eigenvalue weighted by Gasteiger charge is -2.28. The molecule has 0 spiro atoms. The Morgan fingerprint density at radius 1 is 1.38 bits per heavy atom. The maximum Gasteiger partial charge on any atom is 0.125 e. The predicted octanol–water partition coefficient (Wildman–Crippen LogP) is 2.44. The van der Waals surface area contributed by atoms with Crippen LogP contribution in [0.1, 0.15) is 18.9 Å². The van der Waals surface area contributed by atoms with E-state index in [1.165, 1.54) is 11.6 Å². The van der Waals surface area contributed by atoms with Crippen molar-refractivity contribution in [1.82, 2.24) is 0 Å². The highest BCUT2D eigenvalue weighted by Gasteiger charge is 2.11. The molecule has 1 aromatic carbocycles. The van der Waals surface area contributed by atoms with Gasteiger partial charge in [-0.05, 0) is 37.1 Å². The number of rotatable bonds is 2. The summed E-state index contributed by atoms with van der Waals surface area (Å²) in [5.74, 6) is -0.204. The van der Waals surface area contributed by atoms with Gasteiger partial charge in [0.05, 0.1) is 0 Å². The van der Waals surface area contributed by atoms with E-state index in [2.05, 4.69) is 17.9 Å². The Hall–Kier alpha value is -1.35. The minimum atomic E-state index is -0.204. The van der Waals surface area contributed by atoms with E-state index in [9.17, 15) is 4.39 Å². The van der Waals surface area contributed by atoms with Crippen LogP contribution in [0.2, 0.25) is 0 Å². The fraction of sp³-hybridized carbons (Fsp3) is 0.385. The van der Waals surface area contributed by atoms with Crippen molar-refractivity contribution < 1.29 is 4.39 Å². The van der Waals surface area contributed by atoms with Crippen LogP contribution < -0.4 is 10.6 Å². The van der Waals surface area contributed by atoms with Crippen LogP contribution >= 0.6 is 0 Å². The van der Waals surface area contributed by atoms with Crippen LogP contribution in [-0.4, -0.2) is 13.1 Å². The average Bonchev–Trinajstić information content (AvgIpc) is 2.29. The van der Waals surface area contributed by atoms with Gasteiger partial charge >= 0.3 is 0 Å². The Kier molecular flexibility index (Phi) is 3.25. The lowest BCUT2D eigenvalue weighted by Crippen LogP contribution is -2.28. The SMILES string of the molecule is CC1=CCN(c2cc(F)cc(CN)c2)CC1. The topological polar surface area (TPSA) is 29.3 Å². The lowest BCUT2D eigenvalue weighted by atomic mass is 10.1. The molecular formula is C13H17FN2. The van der Waals surface area contributed by atoms with E-state index in [1.807, 2.05) is 6.07 Å². The zero-order valence-corrected chi connectivity index (χ0v) is 9.54. The fourth-order valence-electron chi connectivity index (χ4n) is 1.94. The summed E-state index contributed by atoms with van der Waals surface area (Å²) >= 11 is 0. The number of nitrogens with zero attached hydrogens (tertiary/aromatic N) is 1. The fourth-order valence-corrected chi connectivity index (χ4v) is 1.94. The van der Waals surface area contributed by atoms with Gasteiger partial charge in [0.15, 0.2) is 0 Å². The van der Waals surface area contributed by atoms with Crippen LogP contribution in [-0.2, 0) is 6.54 Å². The molecule has 1 aliphatic heterocycles. The van der Waals surface area contributed by atoms with E-state index in [-0.39, 0.29) is 5.82 Å². The summed E-state index contributed by atoms with van der Waals surface area (Å²) in [7, 11) is 0. The molecule has 0 amide bonds. The first-order valence-electron chi connectivity index (χ1n) is 5.59. The highest BCUT2D eigenvalue weighted by molar-refractivity contribution is 5.50. The molecule has 0 fully saturated rings. The van der Waals surface area contributed by atoms with Gasteiger partial charge in [0.2, 0.25) is 0 Å². The average molecular weight is 220 g/mol. The Bertz CT molecular complexity index is 412. The molecule has 2 nitrogen and oxygen atoms in total. The summed E-state index contributed by atoms with van der Waals surface area (Å²) in [6, 6.07) is 5.04. The van der Waals surface area contributed by atoms with Crippen LogP contribution in [0.5, 0.6) is 0 Å². The monoisotopic (exact) mass is 220 g/mol. The third-order valence-electron chi connectivity index (χ3n) is 2.98. The minimum absolute atomic E-state index is 0.204. The standard InChI is InChI=1S/C13H17FN2/c1-10-2-4-16(5-3-10)13-7-11(9-15)6-12(14)8-13/h2,6-8H,3-5,9,15H2,1H3. The minimum Gasteiger partial charge on any atom is -0.367 e. The maximum atomic E-state index is 13.3. The largest absolute Gasteiger partial charge is 0.367 e. The molecule has 0 aliphatic carbocycles. The highest BCUT2D eigenvalue weighted by Crippen LogP contribution is 2.22. The number of hydrogen-bond acceptors (Lipinski definition) is 2. The second kappa shape index (κ2) is 4.66. The smallest absolute Gasteiger partial charge is 0.125 e. The van der Waals surface area contributed by atoms with Crippen molar-refractivity contribution in [2.24, 2.45) is 5.73 Å². The summed E-state index contributed by atoms with van der Waals surface area (Å²) < 4.78 is 13.3. The van der Waals surface area contributed by atoms with Gasteiger partial charge in [0.1, 0.15) is 5.82 Å². The molecule has 1 heterocycles. The Morgan fingerprint density at radius 3 is 2.81 bits per heavy atom. The number of halogens is 1. The highest BCUT2D eigenvalue weighted by atomic mass is 19.1. The molecule has 3 heteroatoms. The third-order valence-corrected chi connectivity index (χ3v) is 2.98. The molecule has 0 radical (unpaired) electrons. The Balaban J connectivity index is 2.23. The van der Waals surface area contributed by atoms with Gasteiger partial charge in [-0.15, -0.1) is 0 Å². The molecule has 0 saturated heterocycles. The number of nitrogens with two attached hydrogens (primary N) is 1. The van der Waals surface area contributed by atoms with Gasteiger partial charge < -0.3 is 10.6 Å². The molecule has 16 heavy (non-hydrogen) atoms. The molecule has 2 N–H and O–H groups in total. The molecule has 86 valence electrons. The van der Waals surface area contributed by atoms with Gasteiger partial charge in [-0.1, -0.05) is 11.6 Å². The van der Waals surface area contributed by atoms with Crippen LogP contribution in [0, 0.1) is 5.82 Å². The number of anilines is 1. The first-order chi connectivity index (χ1) is 7.69. The van der Waals surface area contributed by atoms with Crippen molar-refractivity contribution in [2.45, 2.75) is 19.9 Å². The van der Waals surface area contributed by atoms with E-state index in [4.69, 9.17) is 5.73 Å². The van der Waals surface area contributed by atoms with E-state index in [0.717, 1.165) is 30.8 Å². The van der Waals surface area contributed by atoms with E-state index in [0.29, 0.717) is 6.54 Å². The maximum absolute atomic E-state index is 13.3. The zero-order valence-electron chi connectivity index (χ0n) is 9.54. The van der Waals surface area contributed by atoms with Crippen molar-refractivity contribution in [1.29, 1.82) is 0 Å². The molecule has 0 bridgehead atoms. The molecule has 1 aromatic rings. The van der Waals surface area contributed by atoms with Crippen LogP contribution in [0.3, 0.4) is 0 Å². The lowest BCUT2D eigenvalue weighted by molar-refractivity contribution is 0.624. The second-order valence-corrected chi connectivity index (χ2v) is 4.27. The Labute approximate surface area is 95.6 Å². The quantitative estimate of drug-likeness (QED) is 0.776. The predicted molar refractivity (Wildman–Crippen MR) is 64.9 cm³/mol. The summed E-state index contributed by atoms with van der Waals surface area (Å²) in [6.07, 6.45) is 3.24. The number of benzene rings is 1. The van der Waals surface area contributed by atoms with Gasteiger partial charge in [-0.3, -0.25) is 0 Å². The molecule has 1 aliphatic rings. The van der Waals surface area contributed by atoms with Crippen molar-refractivity contribution in [2.75, 3.05) is 18.0 Å². The van der Waals surface area contributed by atoms with Crippen LogP contribution in [0.15, 0.2) is 29.8 Å². The van der Waals surface area contributed by atoms with Gasteiger partial charge in [-0.2, -0.15) is 0 Å². The summed E-state index contributed by atoms with van der Waals surface area (Å²) in [6.45, 7) is 4.33. The molecule has 0 saturated carbocycles. The Morgan fingerprint density at radius 2 is 2.19 bits per heavy atom. The molecule has 0 atom stereocenters. The molecule has 2 rings (SSSR count). The zero-order chi connectivity index (χ0) is 11.5. The number of hydrogen-bond donors (Lipinski definition) is 1. The second-order valence-electron chi connectivity index (χ2n) is 4.27. The van der Waals surface area contributed by atoms with E-state index >= 15 is 0 Å². The van der Waals surface area contributed by atoms with Crippen molar-refractivity contribution in [3.8, 4) is 0 Å². The summed E-state index contributed by atoms with van der Waals surface area (Å²) in [5, 5.41) is 0. The first-order valence-corrected chi connectivity index (χ1v) is 5.59. The van der Waals surface area contributed by atoms with Crippen molar-refractivity contribution in [3.63, 3.8) is 0 Å². The normalized spacial score (nSPS) is 16.2. The third kappa shape index (κ3) is 2.42. The van der Waals surface area contributed by atoms with Crippen molar-refractivity contribution >= 4 is 5.69 Å².